The molecule has 28 heavy (non-hydrogen) atoms. The van der Waals surface area contributed by atoms with Gasteiger partial charge in [-0.05, 0) is 48.9 Å². The molecule has 3 amide bonds. The smallest absolute Gasteiger partial charge is 0.251 e. The third-order valence-electron chi connectivity index (χ3n) is 3.76. The van der Waals surface area contributed by atoms with Crippen molar-refractivity contribution in [3.8, 4) is 5.75 Å². The summed E-state index contributed by atoms with van der Waals surface area (Å²) in [5.74, 6) is -0.200. The van der Waals surface area contributed by atoms with E-state index in [1.807, 2.05) is 0 Å². The van der Waals surface area contributed by atoms with Crippen LogP contribution in [0.2, 0.25) is 0 Å². The van der Waals surface area contributed by atoms with Crippen molar-refractivity contribution in [3.63, 3.8) is 0 Å². The quantitative estimate of drug-likeness (QED) is 0.580. The number of benzene rings is 2. The van der Waals surface area contributed by atoms with E-state index in [1.54, 1.807) is 48.5 Å². The third kappa shape index (κ3) is 7.11. The van der Waals surface area contributed by atoms with Gasteiger partial charge >= 0.3 is 0 Å². The minimum absolute atomic E-state index is 0.169. The van der Waals surface area contributed by atoms with Gasteiger partial charge in [0.1, 0.15) is 5.75 Å². The molecule has 0 heterocycles. The molecule has 0 saturated heterocycles. The number of carbonyl (C=O) groups excluding carboxylic acids is 3. The molecule has 0 atom stereocenters. The summed E-state index contributed by atoms with van der Waals surface area (Å²) >= 11 is 0. The second-order valence-electron chi connectivity index (χ2n) is 6.22. The van der Waals surface area contributed by atoms with Gasteiger partial charge < -0.3 is 20.7 Å². The molecule has 3 N–H and O–H groups in total. The minimum Gasteiger partial charge on any atom is -0.494 e. The van der Waals surface area contributed by atoms with Gasteiger partial charge in [-0.3, -0.25) is 14.4 Å². The average molecular weight is 383 g/mol. The van der Waals surface area contributed by atoms with Crippen LogP contribution in [0.25, 0.3) is 0 Å². The van der Waals surface area contributed by atoms with E-state index in [1.165, 1.54) is 6.92 Å². The minimum atomic E-state index is -0.368. The maximum Gasteiger partial charge on any atom is 0.251 e. The summed E-state index contributed by atoms with van der Waals surface area (Å²) in [5.41, 5.74) is 1.55. The molecule has 2 aromatic rings. The predicted molar refractivity (Wildman–Crippen MR) is 109 cm³/mol. The van der Waals surface area contributed by atoms with Crippen LogP contribution in [-0.2, 0) is 9.59 Å². The lowest BCUT2D eigenvalue weighted by Crippen LogP contribution is -2.32. The first kappa shape index (κ1) is 21.0. The van der Waals surface area contributed by atoms with Gasteiger partial charge in [0, 0.05) is 23.9 Å². The van der Waals surface area contributed by atoms with Crippen LogP contribution in [0.15, 0.2) is 48.5 Å². The molecule has 0 aliphatic rings. The summed E-state index contributed by atoms with van der Waals surface area (Å²) < 4.78 is 5.56. The topological polar surface area (TPSA) is 96.5 Å². The lowest BCUT2D eigenvalue weighted by Gasteiger charge is -2.09. The fourth-order valence-electron chi connectivity index (χ4n) is 2.38. The maximum absolute atomic E-state index is 12.2. The van der Waals surface area contributed by atoms with Crippen LogP contribution >= 0.6 is 0 Å². The van der Waals surface area contributed by atoms with Crippen molar-refractivity contribution < 1.29 is 19.1 Å². The standard InChI is InChI=1S/C21H25N3O4/c1-3-4-12-28-19-10-8-16(9-11-19)21(27)22-14-20(26)24-18-7-5-6-17(13-18)23-15(2)25/h5-11,13H,3-4,12,14H2,1-2H3,(H,22,27)(H,23,25)(H,24,26). The second-order valence-corrected chi connectivity index (χ2v) is 6.22. The van der Waals surface area contributed by atoms with E-state index in [0.29, 0.717) is 29.3 Å². The lowest BCUT2D eigenvalue weighted by molar-refractivity contribution is -0.115. The van der Waals surface area contributed by atoms with Crippen molar-refractivity contribution in [2.45, 2.75) is 26.7 Å². The highest BCUT2D eigenvalue weighted by atomic mass is 16.5. The Bertz CT molecular complexity index is 819. The van der Waals surface area contributed by atoms with Crippen molar-refractivity contribution in [3.05, 3.63) is 54.1 Å². The predicted octanol–water partition coefficient (Wildman–Crippen LogP) is 3.19. The second kappa shape index (κ2) is 10.7. The van der Waals surface area contributed by atoms with Crippen LogP contribution < -0.4 is 20.7 Å². The molecular weight excluding hydrogens is 358 g/mol. The lowest BCUT2D eigenvalue weighted by atomic mass is 10.2. The number of unbranched alkanes of at least 4 members (excludes halogenated alkanes) is 1. The van der Waals surface area contributed by atoms with Gasteiger partial charge in [0.15, 0.2) is 0 Å². The Morgan fingerprint density at radius 3 is 2.29 bits per heavy atom. The van der Waals surface area contributed by atoms with E-state index in [4.69, 9.17) is 4.74 Å². The largest absolute Gasteiger partial charge is 0.494 e. The summed E-state index contributed by atoms with van der Waals surface area (Å²) in [4.78, 5) is 35.3. The first-order chi connectivity index (χ1) is 13.5. The SMILES string of the molecule is CCCCOc1ccc(C(=O)NCC(=O)Nc2cccc(NC(C)=O)c2)cc1. The van der Waals surface area contributed by atoms with Gasteiger partial charge in [-0.1, -0.05) is 19.4 Å². The van der Waals surface area contributed by atoms with Crippen molar-refractivity contribution >= 4 is 29.1 Å². The molecule has 2 aromatic carbocycles. The van der Waals surface area contributed by atoms with Crippen molar-refractivity contribution in [1.29, 1.82) is 0 Å². The molecule has 0 bridgehead atoms. The normalized spacial score (nSPS) is 10.1. The molecule has 0 radical (unpaired) electrons. The van der Waals surface area contributed by atoms with Gasteiger partial charge in [-0.25, -0.2) is 0 Å². The molecule has 0 saturated carbocycles. The summed E-state index contributed by atoms with van der Waals surface area (Å²) in [7, 11) is 0. The fraction of sp³-hybridized carbons (Fsp3) is 0.286. The van der Waals surface area contributed by atoms with Gasteiger partial charge in [0.25, 0.3) is 5.91 Å². The number of ether oxygens (including phenoxy) is 1. The highest BCUT2D eigenvalue weighted by molar-refractivity contribution is 5.99. The van der Waals surface area contributed by atoms with Gasteiger partial charge in [-0.15, -0.1) is 0 Å². The molecule has 0 aliphatic carbocycles. The molecule has 0 fully saturated rings. The van der Waals surface area contributed by atoms with Crippen LogP contribution in [0, 0.1) is 0 Å². The number of hydrogen-bond donors (Lipinski definition) is 3. The molecule has 0 spiro atoms. The van der Waals surface area contributed by atoms with E-state index in [2.05, 4.69) is 22.9 Å². The van der Waals surface area contributed by atoms with E-state index >= 15 is 0 Å². The molecule has 0 unspecified atom stereocenters. The van der Waals surface area contributed by atoms with E-state index in [-0.39, 0.29) is 24.3 Å². The number of anilines is 2. The molecule has 7 nitrogen and oxygen atoms in total. The molecule has 0 aliphatic heterocycles. The molecule has 7 heteroatoms. The zero-order valence-electron chi connectivity index (χ0n) is 16.1. The first-order valence-electron chi connectivity index (χ1n) is 9.16. The zero-order chi connectivity index (χ0) is 20.4. The van der Waals surface area contributed by atoms with Crippen molar-refractivity contribution in [1.82, 2.24) is 5.32 Å². The Morgan fingerprint density at radius 2 is 1.64 bits per heavy atom. The van der Waals surface area contributed by atoms with Crippen LogP contribution in [0.5, 0.6) is 5.75 Å². The van der Waals surface area contributed by atoms with E-state index < -0.39 is 0 Å². The maximum atomic E-state index is 12.2. The summed E-state index contributed by atoms with van der Waals surface area (Å²) in [5, 5.41) is 7.89. The number of carbonyl (C=O) groups is 3. The van der Waals surface area contributed by atoms with Crippen molar-refractivity contribution in [2.75, 3.05) is 23.8 Å². The Kier molecular flexibility index (Phi) is 8.02. The first-order valence-corrected chi connectivity index (χ1v) is 9.16. The van der Waals surface area contributed by atoms with E-state index in [0.717, 1.165) is 12.8 Å². The van der Waals surface area contributed by atoms with Crippen molar-refractivity contribution in [2.24, 2.45) is 0 Å². The van der Waals surface area contributed by atoms with Gasteiger partial charge in [0.05, 0.1) is 13.2 Å². The van der Waals surface area contributed by atoms with Crippen LogP contribution in [0.4, 0.5) is 11.4 Å². The van der Waals surface area contributed by atoms with Crippen LogP contribution in [0.1, 0.15) is 37.0 Å². The van der Waals surface area contributed by atoms with E-state index in [9.17, 15) is 14.4 Å². The Hall–Kier alpha value is -3.35. The van der Waals surface area contributed by atoms with Crippen LogP contribution in [0.3, 0.4) is 0 Å². The Morgan fingerprint density at radius 1 is 0.964 bits per heavy atom. The number of hydrogen-bond acceptors (Lipinski definition) is 4. The molecular formula is C21H25N3O4. The van der Waals surface area contributed by atoms with Crippen LogP contribution in [-0.4, -0.2) is 30.9 Å². The van der Waals surface area contributed by atoms with Gasteiger partial charge in [-0.2, -0.15) is 0 Å². The molecule has 0 aromatic heterocycles. The Labute approximate surface area is 164 Å². The number of amides is 3. The highest BCUT2D eigenvalue weighted by Crippen LogP contribution is 2.15. The number of rotatable bonds is 9. The highest BCUT2D eigenvalue weighted by Gasteiger charge is 2.09. The Balaban J connectivity index is 1.82. The zero-order valence-corrected chi connectivity index (χ0v) is 16.1. The third-order valence-corrected chi connectivity index (χ3v) is 3.76. The monoisotopic (exact) mass is 383 g/mol. The summed E-state index contributed by atoms with van der Waals surface area (Å²) in [6, 6.07) is 13.5. The molecule has 148 valence electrons. The molecule has 2 rings (SSSR count). The number of nitrogens with one attached hydrogen (secondary N) is 3. The van der Waals surface area contributed by atoms with Gasteiger partial charge in [0.2, 0.25) is 11.8 Å². The summed E-state index contributed by atoms with van der Waals surface area (Å²) in [6.45, 7) is 3.97. The summed E-state index contributed by atoms with van der Waals surface area (Å²) in [6.07, 6.45) is 2.03. The fourth-order valence-corrected chi connectivity index (χ4v) is 2.38. The average Bonchev–Trinajstić information content (AvgIpc) is 2.66.